The number of benzene rings is 1. The topological polar surface area (TPSA) is 35.5 Å². The van der Waals surface area contributed by atoms with E-state index in [0.717, 1.165) is 24.0 Å². The van der Waals surface area contributed by atoms with Gasteiger partial charge in [0.05, 0.1) is 11.5 Å². The normalized spacial score (nSPS) is 24.6. The molecule has 0 amide bonds. The van der Waals surface area contributed by atoms with Crippen LogP contribution in [0.3, 0.4) is 0 Å². The van der Waals surface area contributed by atoms with Gasteiger partial charge in [-0.3, -0.25) is 4.79 Å². The summed E-state index contributed by atoms with van der Waals surface area (Å²) in [5, 5.41) is 0. The van der Waals surface area contributed by atoms with Gasteiger partial charge in [-0.15, -0.1) is 0 Å². The monoisotopic (exact) mass is 232 g/mol. The first-order valence-electron chi connectivity index (χ1n) is 6.09. The third-order valence-electron chi connectivity index (χ3n) is 3.48. The van der Waals surface area contributed by atoms with Crippen molar-refractivity contribution in [1.82, 2.24) is 0 Å². The Morgan fingerprint density at radius 3 is 2.71 bits per heavy atom. The van der Waals surface area contributed by atoms with E-state index in [1.54, 1.807) is 0 Å². The average Bonchev–Trinajstić information content (AvgIpc) is 3.07. The molecule has 0 saturated heterocycles. The molecule has 0 radical (unpaired) electrons. The molecular weight excluding hydrogens is 216 g/mol. The third kappa shape index (κ3) is 1.57. The van der Waals surface area contributed by atoms with E-state index in [4.69, 9.17) is 9.47 Å². The number of hydrogen-bond acceptors (Lipinski definition) is 3. The number of carbonyl (C=O) groups excluding carboxylic acids is 1. The Balaban J connectivity index is 2.03. The molecule has 90 valence electrons. The van der Waals surface area contributed by atoms with Crippen LogP contribution >= 0.6 is 0 Å². The van der Waals surface area contributed by atoms with E-state index in [2.05, 4.69) is 0 Å². The third-order valence-corrected chi connectivity index (χ3v) is 3.48. The highest BCUT2D eigenvalue weighted by molar-refractivity contribution is 5.88. The second kappa shape index (κ2) is 3.57. The average molecular weight is 232 g/mol. The molecule has 1 heterocycles. The first-order chi connectivity index (χ1) is 8.13. The zero-order valence-electron chi connectivity index (χ0n) is 10.1. The van der Waals surface area contributed by atoms with Gasteiger partial charge in [0, 0.05) is 5.56 Å². The Kier molecular flexibility index (Phi) is 2.26. The fourth-order valence-corrected chi connectivity index (χ4v) is 2.47. The van der Waals surface area contributed by atoms with E-state index in [9.17, 15) is 4.79 Å². The van der Waals surface area contributed by atoms with Gasteiger partial charge in [0.15, 0.2) is 0 Å². The van der Waals surface area contributed by atoms with Crippen LogP contribution in [0.1, 0.15) is 44.1 Å². The maximum Gasteiger partial charge on any atom is 0.319 e. The lowest BCUT2D eigenvalue weighted by Crippen LogP contribution is -2.34. The molecule has 0 bridgehead atoms. The molecule has 17 heavy (non-hydrogen) atoms. The van der Waals surface area contributed by atoms with E-state index in [1.807, 2.05) is 38.1 Å². The van der Waals surface area contributed by atoms with E-state index in [0.29, 0.717) is 0 Å². The van der Waals surface area contributed by atoms with Gasteiger partial charge < -0.3 is 9.47 Å². The molecule has 1 saturated carbocycles. The molecular formula is C14H16O3. The van der Waals surface area contributed by atoms with E-state index in [-0.39, 0.29) is 17.5 Å². The number of carbonyl (C=O) groups is 1. The largest absolute Gasteiger partial charge is 0.431 e. The summed E-state index contributed by atoms with van der Waals surface area (Å²) in [5.74, 6) is -0.123. The van der Waals surface area contributed by atoms with E-state index < -0.39 is 6.29 Å². The van der Waals surface area contributed by atoms with Crippen molar-refractivity contribution in [2.75, 3.05) is 0 Å². The Morgan fingerprint density at radius 1 is 1.35 bits per heavy atom. The summed E-state index contributed by atoms with van der Waals surface area (Å²) in [6.07, 6.45) is 1.30. The Labute approximate surface area is 101 Å². The van der Waals surface area contributed by atoms with Crippen LogP contribution < -0.4 is 0 Å². The number of cyclic esters (lactones) is 1. The molecule has 3 rings (SSSR count). The number of esters is 1. The minimum Gasteiger partial charge on any atom is -0.431 e. The second-order valence-corrected chi connectivity index (χ2v) is 5.09. The summed E-state index contributed by atoms with van der Waals surface area (Å²) < 4.78 is 11.1. The van der Waals surface area contributed by atoms with Crippen molar-refractivity contribution in [2.45, 2.75) is 44.5 Å². The molecule has 1 atom stereocenters. The van der Waals surface area contributed by atoms with E-state index >= 15 is 0 Å². The molecule has 1 aromatic rings. The highest BCUT2D eigenvalue weighted by Gasteiger charge is 2.57. The summed E-state index contributed by atoms with van der Waals surface area (Å²) in [4.78, 5) is 12.0. The van der Waals surface area contributed by atoms with E-state index in [1.165, 1.54) is 0 Å². The molecule has 1 aliphatic heterocycles. The van der Waals surface area contributed by atoms with Gasteiger partial charge in [0.2, 0.25) is 6.29 Å². The minimum atomic E-state index is -0.537. The van der Waals surface area contributed by atoms with Crippen LogP contribution in [0.4, 0.5) is 0 Å². The molecule has 0 N–H and O–H groups in total. The molecule has 1 unspecified atom stereocenters. The van der Waals surface area contributed by atoms with Gasteiger partial charge in [-0.25, -0.2) is 0 Å². The minimum absolute atomic E-state index is 0.0362. The van der Waals surface area contributed by atoms with Crippen molar-refractivity contribution in [3.8, 4) is 0 Å². The van der Waals surface area contributed by atoms with Crippen LogP contribution in [0.2, 0.25) is 0 Å². The van der Waals surface area contributed by atoms with Gasteiger partial charge in [0.25, 0.3) is 0 Å². The van der Waals surface area contributed by atoms with Crippen molar-refractivity contribution in [1.29, 1.82) is 0 Å². The van der Waals surface area contributed by atoms with Crippen molar-refractivity contribution >= 4 is 5.97 Å². The molecule has 3 nitrogen and oxygen atoms in total. The predicted molar refractivity (Wildman–Crippen MR) is 62.4 cm³/mol. The standard InChI is InChI=1S/C14H16O3/c1-9(2)16-12-10-5-3-4-6-11(10)14(7-8-14)13(15)17-12/h3-6,9,12H,7-8H2,1-2H3. The van der Waals surface area contributed by atoms with Crippen LogP contribution in [-0.4, -0.2) is 12.1 Å². The lowest BCUT2D eigenvalue weighted by Gasteiger charge is -2.31. The van der Waals surface area contributed by atoms with Crippen LogP contribution in [0.5, 0.6) is 0 Å². The van der Waals surface area contributed by atoms with Gasteiger partial charge in [-0.05, 0) is 32.3 Å². The number of rotatable bonds is 2. The number of hydrogen-bond donors (Lipinski definition) is 0. The summed E-state index contributed by atoms with van der Waals surface area (Å²) in [5.41, 5.74) is 1.76. The highest BCUT2D eigenvalue weighted by atomic mass is 16.7. The van der Waals surface area contributed by atoms with Crippen LogP contribution in [-0.2, 0) is 19.7 Å². The van der Waals surface area contributed by atoms with Gasteiger partial charge in [-0.2, -0.15) is 0 Å². The molecule has 1 fully saturated rings. The SMILES string of the molecule is CC(C)OC1OC(=O)C2(CC2)c2ccccc21. The van der Waals surface area contributed by atoms with Crippen molar-refractivity contribution in [3.63, 3.8) is 0 Å². The number of ether oxygens (including phenoxy) is 2. The van der Waals surface area contributed by atoms with Crippen molar-refractivity contribution < 1.29 is 14.3 Å². The maximum absolute atomic E-state index is 12.0. The van der Waals surface area contributed by atoms with Crippen molar-refractivity contribution in [3.05, 3.63) is 35.4 Å². The Bertz CT molecular complexity index is 460. The van der Waals surface area contributed by atoms with Gasteiger partial charge >= 0.3 is 5.97 Å². The van der Waals surface area contributed by atoms with Crippen LogP contribution in [0.15, 0.2) is 24.3 Å². The zero-order chi connectivity index (χ0) is 12.0. The quantitative estimate of drug-likeness (QED) is 0.735. The maximum atomic E-state index is 12.0. The summed E-state index contributed by atoms with van der Waals surface area (Å²) in [7, 11) is 0. The molecule has 2 aliphatic rings. The van der Waals surface area contributed by atoms with Crippen molar-refractivity contribution in [2.24, 2.45) is 0 Å². The lowest BCUT2D eigenvalue weighted by molar-refractivity contribution is -0.196. The fraction of sp³-hybridized carbons (Fsp3) is 0.500. The lowest BCUT2D eigenvalue weighted by atomic mass is 9.89. The highest BCUT2D eigenvalue weighted by Crippen LogP contribution is 2.54. The first-order valence-corrected chi connectivity index (χ1v) is 6.09. The fourth-order valence-electron chi connectivity index (χ4n) is 2.47. The Morgan fingerprint density at radius 2 is 2.06 bits per heavy atom. The van der Waals surface area contributed by atoms with Crippen LogP contribution in [0, 0.1) is 0 Å². The smallest absolute Gasteiger partial charge is 0.319 e. The molecule has 3 heteroatoms. The first kappa shape index (κ1) is 10.8. The summed E-state index contributed by atoms with van der Waals surface area (Å²) >= 11 is 0. The molecule has 0 aromatic heterocycles. The van der Waals surface area contributed by atoms with Gasteiger partial charge in [-0.1, -0.05) is 24.3 Å². The summed E-state index contributed by atoms with van der Waals surface area (Å²) in [6, 6.07) is 7.96. The Hall–Kier alpha value is -1.35. The second-order valence-electron chi connectivity index (χ2n) is 5.09. The van der Waals surface area contributed by atoms with Gasteiger partial charge in [0.1, 0.15) is 0 Å². The number of fused-ring (bicyclic) bond motifs is 2. The predicted octanol–water partition coefficient (Wildman–Crippen LogP) is 2.70. The zero-order valence-corrected chi connectivity index (χ0v) is 10.1. The molecule has 1 aliphatic carbocycles. The summed E-state index contributed by atoms with van der Waals surface area (Å²) in [6.45, 7) is 3.88. The van der Waals surface area contributed by atoms with Crippen LogP contribution in [0.25, 0.3) is 0 Å². The molecule has 1 spiro atoms. The molecule has 1 aromatic carbocycles.